The Bertz CT molecular complexity index is 1350. The Hall–Kier alpha value is -4.41. The van der Waals surface area contributed by atoms with E-state index >= 15 is 0 Å². The smallest absolute Gasteiger partial charge is 0.325 e. The summed E-state index contributed by atoms with van der Waals surface area (Å²) in [5.74, 6) is 0.553. The second-order valence-electron chi connectivity index (χ2n) is 8.54. The molecular weight excluding hydrogens is 436 g/mol. The van der Waals surface area contributed by atoms with Crippen LogP contribution >= 0.6 is 0 Å². The summed E-state index contributed by atoms with van der Waals surface area (Å²) in [6, 6.07) is 14.4. The van der Waals surface area contributed by atoms with Crippen molar-refractivity contribution in [3.05, 3.63) is 71.9 Å². The van der Waals surface area contributed by atoms with E-state index in [9.17, 15) is 9.59 Å². The predicted octanol–water partition coefficient (Wildman–Crippen LogP) is 2.80. The lowest BCUT2D eigenvalue weighted by atomic mass is 9.91. The summed E-state index contributed by atoms with van der Waals surface area (Å²) in [7, 11) is 0. The van der Waals surface area contributed by atoms with Crippen molar-refractivity contribution in [1.29, 1.82) is 0 Å². The third-order valence-corrected chi connectivity index (χ3v) is 5.91. The summed E-state index contributed by atoms with van der Waals surface area (Å²) in [6.07, 6.45) is 1.45. The molecule has 2 aromatic heterocycles. The average Bonchev–Trinajstić information content (AvgIpc) is 3.58. The molecule has 11 nitrogen and oxygen atoms in total. The van der Waals surface area contributed by atoms with Crippen LogP contribution in [0.4, 0.5) is 4.79 Å². The topological polar surface area (TPSA) is 132 Å². The number of nitrogens with zero attached hydrogens (tertiary/aromatic N) is 7. The quantitative estimate of drug-likeness (QED) is 0.436. The van der Waals surface area contributed by atoms with E-state index in [-0.39, 0.29) is 12.4 Å². The van der Waals surface area contributed by atoms with Crippen LogP contribution < -0.4 is 5.32 Å². The van der Waals surface area contributed by atoms with Gasteiger partial charge in [0.1, 0.15) is 18.4 Å². The number of carbonyl (C=O) groups excluding carboxylic acids is 2. The number of aromatic nitrogens is 6. The molecule has 2 aromatic carbocycles. The summed E-state index contributed by atoms with van der Waals surface area (Å²) in [6.45, 7) is 5.76. The summed E-state index contributed by atoms with van der Waals surface area (Å²) in [4.78, 5) is 31.5. The Labute approximate surface area is 194 Å². The lowest BCUT2D eigenvalue weighted by Gasteiger charge is -2.22. The summed E-state index contributed by atoms with van der Waals surface area (Å²) in [5, 5.41) is 17.9. The fourth-order valence-electron chi connectivity index (χ4n) is 3.86. The van der Waals surface area contributed by atoms with Gasteiger partial charge in [-0.15, -0.1) is 5.10 Å². The fourth-order valence-corrected chi connectivity index (χ4v) is 3.86. The van der Waals surface area contributed by atoms with Gasteiger partial charge in [-0.3, -0.25) is 9.69 Å². The zero-order chi connectivity index (χ0) is 23.9. The molecule has 1 aliphatic rings. The molecule has 3 amide bonds. The maximum absolute atomic E-state index is 13.3. The number of hydrogen-bond acceptors (Lipinski definition) is 8. The average molecular weight is 458 g/mol. The van der Waals surface area contributed by atoms with Gasteiger partial charge in [-0.25, -0.2) is 9.48 Å². The SMILES string of the molecule is CC(C)c1ccc(-c2noc(CN3C(=O)N[C@@](C)(c4cccc(-n5cnnn5)c4)C3=O)n2)cc1. The van der Waals surface area contributed by atoms with Crippen LogP contribution in [0.25, 0.3) is 17.1 Å². The molecule has 3 heterocycles. The van der Waals surface area contributed by atoms with Crippen molar-refractivity contribution >= 4 is 11.9 Å². The van der Waals surface area contributed by atoms with Gasteiger partial charge in [0, 0.05) is 5.56 Å². The van der Waals surface area contributed by atoms with Crippen molar-refractivity contribution in [2.75, 3.05) is 0 Å². The lowest BCUT2D eigenvalue weighted by molar-refractivity contribution is -0.131. The van der Waals surface area contributed by atoms with Crippen LogP contribution in [0.5, 0.6) is 0 Å². The minimum Gasteiger partial charge on any atom is -0.337 e. The first-order chi connectivity index (χ1) is 16.3. The van der Waals surface area contributed by atoms with Gasteiger partial charge in [0.05, 0.1) is 5.69 Å². The van der Waals surface area contributed by atoms with Crippen molar-refractivity contribution in [2.24, 2.45) is 0 Å². The van der Waals surface area contributed by atoms with Crippen LogP contribution in [0, 0.1) is 0 Å². The molecule has 0 saturated carbocycles. The number of urea groups is 1. The highest BCUT2D eigenvalue weighted by molar-refractivity contribution is 6.07. The van der Waals surface area contributed by atoms with E-state index in [4.69, 9.17) is 4.52 Å². The first kappa shape index (κ1) is 21.4. The molecule has 11 heteroatoms. The Morgan fingerprint density at radius 1 is 1.12 bits per heavy atom. The molecule has 1 aliphatic heterocycles. The van der Waals surface area contributed by atoms with E-state index in [0.29, 0.717) is 23.0 Å². The Kier molecular flexibility index (Phi) is 5.16. The molecule has 4 aromatic rings. The standard InChI is InChI=1S/C23H22N8O3/c1-14(2)15-7-9-16(10-8-15)20-25-19(34-27-20)12-30-21(32)23(3,26-22(30)33)17-5-4-6-18(11-17)31-13-24-28-29-31/h4-11,13-14H,12H2,1-3H3,(H,26,33)/t23-/m0/s1. The third-order valence-electron chi connectivity index (χ3n) is 5.91. The molecule has 1 saturated heterocycles. The molecule has 1 fully saturated rings. The summed E-state index contributed by atoms with van der Waals surface area (Å²) >= 11 is 0. The number of benzene rings is 2. The number of hydrogen-bond donors (Lipinski definition) is 1. The predicted molar refractivity (Wildman–Crippen MR) is 119 cm³/mol. The number of nitrogens with one attached hydrogen (secondary N) is 1. The second kappa shape index (κ2) is 8.18. The fraction of sp³-hybridized carbons (Fsp3) is 0.261. The number of carbonyl (C=O) groups is 2. The van der Waals surface area contributed by atoms with Crippen LogP contribution in [0.2, 0.25) is 0 Å². The van der Waals surface area contributed by atoms with Crippen molar-refractivity contribution < 1.29 is 14.1 Å². The normalized spacial score (nSPS) is 18.1. The van der Waals surface area contributed by atoms with Gasteiger partial charge in [0.2, 0.25) is 11.7 Å². The van der Waals surface area contributed by atoms with Gasteiger partial charge in [-0.2, -0.15) is 4.98 Å². The maximum atomic E-state index is 13.3. The van der Waals surface area contributed by atoms with Crippen molar-refractivity contribution in [3.8, 4) is 17.1 Å². The molecule has 0 unspecified atom stereocenters. The molecule has 0 bridgehead atoms. The molecule has 0 aliphatic carbocycles. The zero-order valence-electron chi connectivity index (χ0n) is 18.8. The molecule has 34 heavy (non-hydrogen) atoms. The van der Waals surface area contributed by atoms with Crippen LogP contribution in [-0.2, 0) is 16.9 Å². The Morgan fingerprint density at radius 2 is 1.91 bits per heavy atom. The minimum atomic E-state index is -1.27. The Morgan fingerprint density at radius 3 is 2.62 bits per heavy atom. The molecule has 172 valence electrons. The van der Waals surface area contributed by atoms with Gasteiger partial charge in [0.25, 0.3) is 5.91 Å². The zero-order valence-corrected chi connectivity index (χ0v) is 18.8. The van der Waals surface area contributed by atoms with Crippen LogP contribution in [0.1, 0.15) is 43.7 Å². The largest absolute Gasteiger partial charge is 0.337 e. The summed E-state index contributed by atoms with van der Waals surface area (Å²) in [5.41, 5.74) is 1.99. The van der Waals surface area contributed by atoms with Crippen molar-refractivity contribution in [3.63, 3.8) is 0 Å². The van der Waals surface area contributed by atoms with Crippen molar-refractivity contribution in [1.82, 2.24) is 40.6 Å². The molecule has 5 rings (SSSR count). The van der Waals surface area contributed by atoms with E-state index in [2.05, 4.69) is 44.8 Å². The number of imide groups is 1. The number of tetrazole rings is 1. The first-order valence-corrected chi connectivity index (χ1v) is 10.8. The summed E-state index contributed by atoms with van der Waals surface area (Å²) < 4.78 is 6.81. The minimum absolute atomic E-state index is 0.135. The van der Waals surface area contributed by atoms with Crippen molar-refractivity contribution in [2.45, 2.75) is 38.8 Å². The van der Waals surface area contributed by atoms with Crippen LogP contribution in [0.3, 0.4) is 0 Å². The molecule has 0 spiro atoms. The van der Waals surface area contributed by atoms with E-state index in [1.165, 1.54) is 16.6 Å². The lowest BCUT2D eigenvalue weighted by Crippen LogP contribution is -2.40. The van der Waals surface area contributed by atoms with Gasteiger partial charge >= 0.3 is 6.03 Å². The molecule has 1 atom stereocenters. The molecule has 1 N–H and O–H groups in total. The molecular formula is C23H22N8O3. The Balaban J connectivity index is 1.36. The van der Waals surface area contributed by atoms with Gasteiger partial charge < -0.3 is 9.84 Å². The number of rotatable bonds is 6. The van der Waals surface area contributed by atoms with Gasteiger partial charge in [-0.1, -0.05) is 55.4 Å². The van der Waals surface area contributed by atoms with E-state index in [0.717, 1.165) is 10.5 Å². The van der Waals surface area contributed by atoms with Crippen LogP contribution in [-0.4, -0.2) is 47.2 Å². The highest BCUT2D eigenvalue weighted by Gasteiger charge is 2.49. The second-order valence-corrected chi connectivity index (χ2v) is 8.54. The number of amides is 3. The third kappa shape index (κ3) is 3.70. The van der Waals surface area contributed by atoms with Gasteiger partial charge in [0.15, 0.2) is 0 Å². The monoisotopic (exact) mass is 458 g/mol. The van der Waals surface area contributed by atoms with E-state index in [1.54, 1.807) is 31.2 Å². The van der Waals surface area contributed by atoms with Crippen LogP contribution in [0.15, 0.2) is 59.4 Å². The first-order valence-electron chi connectivity index (χ1n) is 10.8. The highest BCUT2D eigenvalue weighted by atomic mass is 16.5. The van der Waals surface area contributed by atoms with E-state index in [1.807, 2.05) is 24.3 Å². The van der Waals surface area contributed by atoms with Gasteiger partial charge in [-0.05, 0) is 46.5 Å². The maximum Gasteiger partial charge on any atom is 0.325 e. The molecule has 0 radical (unpaired) electrons. The highest BCUT2D eigenvalue weighted by Crippen LogP contribution is 2.31. The van der Waals surface area contributed by atoms with E-state index < -0.39 is 17.5 Å².